The third kappa shape index (κ3) is 3.37. The summed E-state index contributed by atoms with van der Waals surface area (Å²) < 4.78 is 0. The first-order chi connectivity index (χ1) is 11.7. The number of piperazine rings is 1. The summed E-state index contributed by atoms with van der Waals surface area (Å²) >= 11 is 0. The van der Waals surface area contributed by atoms with Gasteiger partial charge in [0.05, 0.1) is 11.5 Å². The van der Waals surface area contributed by atoms with E-state index < -0.39 is 0 Å². The molecular formula is C19H27N3O2+2. The van der Waals surface area contributed by atoms with Gasteiger partial charge in [-0.25, -0.2) is 0 Å². The Balaban J connectivity index is 1.26. The van der Waals surface area contributed by atoms with Crippen LogP contribution in [0.2, 0.25) is 0 Å². The van der Waals surface area contributed by atoms with Crippen LogP contribution < -0.4 is 9.80 Å². The first-order valence-electron chi connectivity index (χ1n) is 9.26. The molecule has 0 spiro atoms. The molecular weight excluding hydrogens is 302 g/mol. The SMILES string of the molecule is O=[N+]([O-])c1cccc(C[NH+]2CC[NH+](C[C@H]3C[C@H]4C=C[C@H]3C4)CC2)c1. The molecule has 0 unspecified atom stereocenters. The van der Waals surface area contributed by atoms with Crippen LogP contribution in [-0.4, -0.2) is 37.6 Å². The molecule has 5 nitrogen and oxygen atoms in total. The molecule has 4 rings (SSSR count). The zero-order chi connectivity index (χ0) is 16.5. The minimum Gasteiger partial charge on any atom is -0.325 e. The van der Waals surface area contributed by atoms with Crippen molar-refractivity contribution in [3.05, 3.63) is 52.1 Å². The summed E-state index contributed by atoms with van der Waals surface area (Å²) in [6.45, 7) is 7.08. The molecule has 2 bridgehead atoms. The predicted octanol–water partition coefficient (Wildman–Crippen LogP) is 0.0904. The molecule has 1 aliphatic heterocycles. The van der Waals surface area contributed by atoms with Crippen molar-refractivity contribution in [1.82, 2.24) is 0 Å². The highest BCUT2D eigenvalue weighted by Gasteiger charge is 2.38. The van der Waals surface area contributed by atoms with Gasteiger partial charge in [0.15, 0.2) is 0 Å². The fourth-order valence-corrected chi connectivity index (χ4v) is 4.91. The van der Waals surface area contributed by atoms with Crippen molar-refractivity contribution in [3.63, 3.8) is 0 Å². The van der Waals surface area contributed by atoms with Crippen LogP contribution in [0.25, 0.3) is 0 Å². The number of hydrogen-bond acceptors (Lipinski definition) is 2. The van der Waals surface area contributed by atoms with Gasteiger partial charge in [-0.3, -0.25) is 10.1 Å². The van der Waals surface area contributed by atoms with Crippen LogP contribution in [0.5, 0.6) is 0 Å². The number of non-ortho nitro benzene ring substituents is 1. The molecule has 2 fully saturated rings. The Morgan fingerprint density at radius 1 is 1.08 bits per heavy atom. The van der Waals surface area contributed by atoms with Crippen molar-refractivity contribution in [3.8, 4) is 0 Å². The van der Waals surface area contributed by atoms with Crippen molar-refractivity contribution in [1.29, 1.82) is 0 Å². The van der Waals surface area contributed by atoms with Gasteiger partial charge in [0, 0.05) is 23.6 Å². The van der Waals surface area contributed by atoms with Gasteiger partial charge in [0.2, 0.25) is 0 Å². The maximum atomic E-state index is 10.9. The summed E-state index contributed by atoms with van der Waals surface area (Å²) in [7, 11) is 0. The number of fused-ring (bicyclic) bond motifs is 2. The smallest absolute Gasteiger partial charge is 0.269 e. The van der Waals surface area contributed by atoms with E-state index in [0.29, 0.717) is 0 Å². The number of nitrogens with one attached hydrogen (secondary N) is 2. The quantitative estimate of drug-likeness (QED) is 0.457. The lowest BCUT2D eigenvalue weighted by atomic mass is 9.93. The number of hydrogen-bond donors (Lipinski definition) is 2. The fraction of sp³-hybridized carbons (Fsp3) is 0.579. The number of rotatable bonds is 5. The summed E-state index contributed by atoms with van der Waals surface area (Å²) in [4.78, 5) is 13.9. The number of nitro benzene ring substituents is 1. The van der Waals surface area contributed by atoms with Crippen LogP contribution in [0.4, 0.5) is 5.69 Å². The lowest BCUT2D eigenvalue weighted by Gasteiger charge is -2.32. The standard InChI is InChI=1S/C19H25N3O2/c23-22(24)19-3-1-2-16(12-19)13-20-6-8-21(9-7-20)14-18-11-15-4-5-17(18)10-15/h1-5,12,15,17-18H,6-11,13-14H2/p+2/t15-,17-,18+/m0/s1. The predicted molar refractivity (Wildman–Crippen MR) is 91.9 cm³/mol. The number of nitrogens with zero attached hydrogens (tertiary/aromatic N) is 1. The van der Waals surface area contributed by atoms with E-state index in [1.807, 2.05) is 6.07 Å². The van der Waals surface area contributed by atoms with E-state index in [4.69, 9.17) is 0 Å². The van der Waals surface area contributed by atoms with Gasteiger partial charge >= 0.3 is 0 Å². The minimum absolute atomic E-state index is 0.209. The van der Waals surface area contributed by atoms with Crippen molar-refractivity contribution >= 4 is 5.69 Å². The zero-order valence-electron chi connectivity index (χ0n) is 14.1. The molecule has 0 radical (unpaired) electrons. The summed E-state index contributed by atoms with van der Waals surface area (Å²) in [5.41, 5.74) is 1.29. The Bertz CT molecular complexity index is 637. The molecule has 0 amide bonds. The average Bonchev–Trinajstić information content (AvgIpc) is 3.20. The topological polar surface area (TPSA) is 52.0 Å². The monoisotopic (exact) mass is 329 g/mol. The minimum atomic E-state index is -0.301. The van der Waals surface area contributed by atoms with E-state index in [-0.39, 0.29) is 10.6 Å². The molecule has 1 aromatic carbocycles. The van der Waals surface area contributed by atoms with Crippen LogP contribution in [0, 0.1) is 27.9 Å². The lowest BCUT2D eigenvalue weighted by molar-refractivity contribution is -1.02. The Hall–Kier alpha value is -1.72. The van der Waals surface area contributed by atoms with Crippen molar-refractivity contribution in [2.75, 3.05) is 32.7 Å². The van der Waals surface area contributed by atoms with E-state index in [1.54, 1.807) is 28.0 Å². The third-order valence-electron chi connectivity index (χ3n) is 6.21. The molecule has 24 heavy (non-hydrogen) atoms. The largest absolute Gasteiger partial charge is 0.325 e. The van der Waals surface area contributed by atoms with Crippen LogP contribution in [0.3, 0.4) is 0 Å². The highest BCUT2D eigenvalue weighted by Crippen LogP contribution is 2.42. The normalized spacial score (nSPS) is 34.6. The third-order valence-corrected chi connectivity index (χ3v) is 6.21. The average molecular weight is 329 g/mol. The first kappa shape index (κ1) is 15.8. The molecule has 2 N–H and O–H groups in total. The summed E-state index contributed by atoms with van der Waals surface area (Å²) in [6.07, 6.45) is 7.71. The van der Waals surface area contributed by atoms with Gasteiger partial charge in [-0.05, 0) is 24.7 Å². The molecule has 128 valence electrons. The van der Waals surface area contributed by atoms with Gasteiger partial charge in [0.1, 0.15) is 32.7 Å². The number of allylic oxidation sites excluding steroid dienone is 2. The number of nitro groups is 1. The Morgan fingerprint density at radius 2 is 1.88 bits per heavy atom. The second kappa shape index (κ2) is 6.65. The maximum Gasteiger partial charge on any atom is 0.269 e. The molecule has 2 aliphatic carbocycles. The highest BCUT2D eigenvalue weighted by atomic mass is 16.6. The molecule has 3 aliphatic rings. The van der Waals surface area contributed by atoms with E-state index in [1.165, 1.54) is 45.6 Å². The maximum absolute atomic E-state index is 10.9. The van der Waals surface area contributed by atoms with Crippen LogP contribution in [0.1, 0.15) is 18.4 Å². The van der Waals surface area contributed by atoms with Crippen molar-refractivity contribution in [2.45, 2.75) is 19.4 Å². The van der Waals surface area contributed by atoms with E-state index in [2.05, 4.69) is 12.2 Å². The molecule has 1 aromatic rings. The molecule has 5 heteroatoms. The van der Waals surface area contributed by atoms with Gasteiger partial charge in [0.25, 0.3) is 5.69 Å². The van der Waals surface area contributed by atoms with Crippen LogP contribution in [0.15, 0.2) is 36.4 Å². The molecule has 1 saturated heterocycles. The first-order valence-corrected chi connectivity index (χ1v) is 9.26. The molecule has 3 atom stereocenters. The molecule has 0 aromatic heterocycles. The lowest BCUT2D eigenvalue weighted by Crippen LogP contribution is -3.27. The van der Waals surface area contributed by atoms with Gasteiger partial charge in [-0.2, -0.15) is 0 Å². The van der Waals surface area contributed by atoms with Crippen LogP contribution >= 0.6 is 0 Å². The van der Waals surface area contributed by atoms with Gasteiger partial charge < -0.3 is 9.80 Å². The van der Waals surface area contributed by atoms with Crippen LogP contribution in [-0.2, 0) is 6.54 Å². The highest BCUT2D eigenvalue weighted by molar-refractivity contribution is 5.33. The second-order valence-corrected chi connectivity index (χ2v) is 7.85. The summed E-state index contributed by atoms with van der Waals surface area (Å²) in [6, 6.07) is 7.12. The second-order valence-electron chi connectivity index (χ2n) is 7.85. The molecule has 1 saturated carbocycles. The Kier molecular flexibility index (Phi) is 4.37. The van der Waals surface area contributed by atoms with E-state index in [0.717, 1.165) is 29.9 Å². The summed E-state index contributed by atoms with van der Waals surface area (Å²) in [5.74, 6) is 2.64. The Morgan fingerprint density at radius 3 is 2.54 bits per heavy atom. The molecule has 1 heterocycles. The summed E-state index contributed by atoms with van der Waals surface area (Å²) in [5, 5.41) is 10.9. The Labute approximate surface area is 143 Å². The van der Waals surface area contributed by atoms with E-state index in [9.17, 15) is 10.1 Å². The number of quaternary nitrogens is 2. The van der Waals surface area contributed by atoms with E-state index >= 15 is 0 Å². The zero-order valence-corrected chi connectivity index (χ0v) is 14.1. The fourth-order valence-electron chi connectivity index (χ4n) is 4.91. The van der Waals surface area contributed by atoms with Crippen molar-refractivity contribution < 1.29 is 14.7 Å². The number of benzene rings is 1. The van der Waals surface area contributed by atoms with Crippen molar-refractivity contribution in [2.24, 2.45) is 17.8 Å². The van der Waals surface area contributed by atoms with Gasteiger partial charge in [-0.1, -0.05) is 24.3 Å². The van der Waals surface area contributed by atoms with Gasteiger partial charge in [-0.15, -0.1) is 0 Å².